The number of anilines is 3. The van der Waals surface area contributed by atoms with E-state index in [4.69, 9.17) is 11.6 Å². The van der Waals surface area contributed by atoms with Gasteiger partial charge in [0.05, 0.1) is 0 Å². The van der Waals surface area contributed by atoms with Crippen molar-refractivity contribution in [1.29, 1.82) is 0 Å². The van der Waals surface area contributed by atoms with Gasteiger partial charge in [-0.15, -0.1) is 0 Å². The third-order valence-corrected chi connectivity index (χ3v) is 3.40. The molecule has 1 aromatic carbocycles. The molecule has 0 unspecified atom stereocenters. The molecule has 0 aliphatic heterocycles. The maximum Gasteiger partial charge on any atom is 0.163 e. The lowest BCUT2D eigenvalue weighted by atomic mass is 10.2. The van der Waals surface area contributed by atoms with Crippen molar-refractivity contribution in [3.8, 4) is 11.4 Å². The minimum absolute atomic E-state index is 0.270. The molecule has 0 saturated heterocycles. The number of benzene rings is 1. The number of pyridine rings is 1. The van der Waals surface area contributed by atoms with Gasteiger partial charge in [-0.3, -0.25) is 0 Å². The second-order valence-electron chi connectivity index (χ2n) is 5.62. The molecule has 3 rings (SSSR count). The van der Waals surface area contributed by atoms with Crippen LogP contribution in [0.25, 0.3) is 11.4 Å². The molecule has 3 aromatic rings. The van der Waals surface area contributed by atoms with Crippen LogP contribution in [0.1, 0.15) is 13.8 Å². The summed E-state index contributed by atoms with van der Waals surface area (Å²) in [7, 11) is 0. The van der Waals surface area contributed by atoms with Gasteiger partial charge in [0.2, 0.25) is 0 Å². The third-order valence-electron chi connectivity index (χ3n) is 3.19. The van der Waals surface area contributed by atoms with Gasteiger partial charge < -0.3 is 10.6 Å². The number of halogens is 1. The molecule has 0 aliphatic carbocycles. The van der Waals surface area contributed by atoms with E-state index >= 15 is 0 Å². The highest BCUT2D eigenvalue weighted by molar-refractivity contribution is 6.29. The Kier molecular flexibility index (Phi) is 4.91. The predicted molar refractivity (Wildman–Crippen MR) is 98.8 cm³/mol. The number of nitrogens with zero attached hydrogens (tertiary/aromatic N) is 3. The largest absolute Gasteiger partial charge is 0.368 e. The van der Waals surface area contributed by atoms with Crippen molar-refractivity contribution in [3.63, 3.8) is 0 Å². The van der Waals surface area contributed by atoms with Crippen LogP contribution in [-0.2, 0) is 0 Å². The zero-order valence-corrected chi connectivity index (χ0v) is 14.2. The molecule has 122 valence electrons. The van der Waals surface area contributed by atoms with Gasteiger partial charge in [0.15, 0.2) is 5.82 Å². The van der Waals surface area contributed by atoms with Crippen molar-refractivity contribution < 1.29 is 0 Å². The summed E-state index contributed by atoms with van der Waals surface area (Å²) in [5.41, 5.74) is 1.78. The molecule has 0 aliphatic rings. The summed E-state index contributed by atoms with van der Waals surface area (Å²) in [6.45, 7) is 4.14. The van der Waals surface area contributed by atoms with E-state index in [1.54, 1.807) is 12.3 Å². The number of rotatable bonds is 5. The summed E-state index contributed by atoms with van der Waals surface area (Å²) in [5, 5.41) is 7.00. The molecule has 2 heterocycles. The molecule has 2 aromatic heterocycles. The van der Waals surface area contributed by atoms with E-state index in [-0.39, 0.29) is 6.04 Å². The van der Waals surface area contributed by atoms with Crippen LogP contribution in [0.5, 0.6) is 0 Å². The average molecular weight is 340 g/mol. The van der Waals surface area contributed by atoms with Crippen LogP contribution >= 0.6 is 11.6 Å². The second kappa shape index (κ2) is 7.27. The lowest BCUT2D eigenvalue weighted by Crippen LogP contribution is -2.12. The first-order valence-electron chi connectivity index (χ1n) is 7.70. The van der Waals surface area contributed by atoms with Gasteiger partial charge in [0.1, 0.15) is 16.8 Å². The zero-order chi connectivity index (χ0) is 16.9. The standard InChI is InChI=1S/C18H18ClN5/c1-12(2)21-16-11-17(22-14-8-9-20-15(19)10-14)24-18(23-16)13-6-4-3-5-7-13/h3-12H,1-2H3,(H2,20,21,22,23,24). The van der Waals surface area contributed by atoms with Gasteiger partial charge in [0.25, 0.3) is 0 Å². The fourth-order valence-electron chi connectivity index (χ4n) is 2.23. The Hall–Kier alpha value is -2.66. The minimum atomic E-state index is 0.270. The number of nitrogens with one attached hydrogen (secondary N) is 2. The van der Waals surface area contributed by atoms with E-state index in [1.807, 2.05) is 42.5 Å². The van der Waals surface area contributed by atoms with Crippen molar-refractivity contribution in [1.82, 2.24) is 15.0 Å². The van der Waals surface area contributed by atoms with Gasteiger partial charge in [-0.1, -0.05) is 41.9 Å². The second-order valence-corrected chi connectivity index (χ2v) is 6.01. The molecule has 0 atom stereocenters. The van der Waals surface area contributed by atoms with Crippen molar-refractivity contribution in [2.24, 2.45) is 0 Å². The van der Waals surface area contributed by atoms with Crippen LogP contribution in [0, 0.1) is 0 Å². The lowest BCUT2D eigenvalue weighted by Gasteiger charge is -2.13. The predicted octanol–water partition coefficient (Wildman–Crippen LogP) is 4.76. The first-order chi connectivity index (χ1) is 11.6. The third kappa shape index (κ3) is 4.20. The maximum absolute atomic E-state index is 5.94. The van der Waals surface area contributed by atoms with Crippen molar-refractivity contribution in [2.45, 2.75) is 19.9 Å². The highest BCUT2D eigenvalue weighted by atomic mass is 35.5. The normalized spacial score (nSPS) is 10.7. The zero-order valence-electron chi connectivity index (χ0n) is 13.5. The molecule has 2 N–H and O–H groups in total. The van der Waals surface area contributed by atoms with Gasteiger partial charge in [0, 0.05) is 29.6 Å². The van der Waals surface area contributed by atoms with E-state index in [1.165, 1.54) is 0 Å². The molecule has 0 saturated carbocycles. The SMILES string of the molecule is CC(C)Nc1cc(Nc2ccnc(Cl)c2)nc(-c2ccccc2)n1. The van der Waals surface area contributed by atoms with Crippen molar-refractivity contribution in [2.75, 3.05) is 10.6 Å². The Morgan fingerprint density at radius 3 is 2.42 bits per heavy atom. The summed E-state index contributed by atoms with van der Waals surface area (Å²) >= 11 is 5.94. The van der Waals surface area contributed by atoms with Gasteiger partial charge in [-0.25, -0.2) is 15.0 Å². The van der Waals surface area contributed by atoms with E-state index in [0.717, 1.165) is 17.1 Å². The van der Waals surface area contributed by atoms with Gasteiger partial charge in [-0.05, 0) is 26.0 Å². The van der Waals surface area contributed by atoms with Crippen LogP contribution < -0.4 is 10.6 Å². The molecule has 6 heteroatoms. The highest BCUT2D eigenvalue weighted by Crippen LogP contribution is 2.23. The fourth-order valence-corrected chi connectivity index (χ4v) is 2.40. The van der Waals surface area contributed by atoms with E-state index in [2.05, 4.69) is 39.4 Å². The van der Waals surface area contributed by atoms with Crippen LogP contribution in [0.15, 0.2) is 54.7 Å². The Bertz CT molecular complexity index is 821. The summed E-state index contributed by atoms with van der Waals surface area (Å²) in [6, 6.07) is 15.6. The molecule has 24 heavy (non-hydrogen) atoms. The van der Waals surface area contributed by atoms with Gasteiger partial charge in [-0.2, -0.15) is 0 Å². The average Bonchev–Trinajstić information content (AvgIpc) is 2.55. The number of hydrogen-bond acceptors (Lipinski definition) is 5. The molecule has 5 nitrogen and oxygen atoms in total. The van der Waals surface area contributed by atoms with Crippen molar-refractivity contribution >= 4 is 28.9 Å². The first kappa shape index (κ1) is 16.2. The highest BCUT2D eigenvalue weighted by Gasteiger charge is 2.08. The summed E-state index contributed by atoms with van der Waals surface area (Å²) < 4.78 is 0. The Morgan fingerprint density at radius 1 is 0.958 bits per heavy atom. The maximum atomic E-state index is 5.94. The van der Waals surface area contributed by atoms with Crippen molar-refractivity contribution in [3.05, 3.63) is 59.9 Å². The van der Waals surface area contributed by atoms with Crippen LogP contribution in [0.2, 0.25) is 5.15 Å². The topological polar surface area (TPSA) is 62.7 Å². The summed E-state index contributed by atoms with van der Waals surface area (Å²) in [5.74, 6) is 2.11. The quantitative estimate of drug-likeness (QED) is 0.656. The summed E-state index contributed by atoms with van der Waals surface area (Å²) in [6.07, 6.45) is 1.65. The van der Waals surface area contributed by atoms with Gasteiger partial charge >= 0.3 is 0 Å². The molecule has 0 fully saturated rings. The first-order valence-corrected chi connectivity index (χ1v) is 8.07. The molecule has 0 spiro atoms. The summed E-state index contributed by atoms with van der Waals surface area (Å²) in [4.78, 5) is 13.2. The van der Waals surface area contributed by atoms with E-state index in [0.29, 0.717) is 16.8 Å². The Labute approximate surface area is 146 Å². The van der Waals surface area contributed by atoms with E-state index in [9.17, 15) is 0 Å². The molecule has 0 bridgehead atoms. The van der Waals surface area contributed by atoms with E-state index < -0.39 is 0 Å². The lowest BCUT2D eigenvalue weighted by molar-refractivity contribution is 0.887. The molecule has 0 radical (unpaired) electrons. The Morgan fingerprint density at radius 2 is 1.71 bits per heavy atom. The Balaban J connectivity index is 1.98. The van der Waals surface area contributed by atoms with Crippen LogP contribution in [-0.4, -0.2) is 21.0 Å². The molecular formula is C18H18ClN5. The number of aromatic nitrogens is 3. The minimum Gasteiger partial charge on any atom is -0.368 e. The fraction of sp³-hybridized carbons (Fsp3) is 0.167. The number of hydrogen-bond donors (Lipinski definition) is 2. The van der Waals surface area contributed by atoms with Crippen LogP contribution in [0.4, 0.5) is 17.3 Å². The monoisotopic (exact) mass is 339 g/mol. The smallest absolute Gasteiger partial charge is 0.163 e. The molecular weight excluding hydrogens is 322 g/mol. The van der Waals surface area contributed by atoms with Crippen LogP contribution in [0.3, 0.4) is 0 Å². The molecule has 0 amide bonds.